The fraction of sp³-hybridized carbons (Fsp3) is 0.300. The fourth-order valence-corrected chi connectivity index (χ4v) is 3.53. The molecular formula is C20H23N7O. The smallest absolute Gasteiger partial charge is 0.272 e. The largest absolute Gasteiger partial charge is 0.382 e. The van der Waals surface area contributed by atoms with Gasteiger partial charge in [0.25, 0.3) is 5.91 Å². The van der Waals surface area contributed by atoms with Crippen LogP contribution in [0.1, 0.15) is 21.7 Å². The minimum absolute atomic E-state index is 0.0849. The molecule has 1 amide bonds. The Balaban J connectivity index is 1.52. The molecule has 1 saturated heterocycles. The summed E-state index contributed by atoms with van der Waals surface area (Å²) in [5.74, 6) is 1.19. The van der Waals surface area contributed by atoms with Crippen LogP contribution in [0, 0.1) is 13.8 Å². The molecule has 1 fully saturated rings. The van der Waals surface area contributed by atoms with Crippen LogP contribution in [0.3, 0.4) is 0 Å². The van der Waals surface area contributed by atoms with Crippen LogP contribution in [0.2, 0.25) is 0 Å². The summed E-state index contributed by atoms with van der Waals surface area (Å²) in [6.07, 6.45) is 1.59. The second-order valence-corrected chi connectivity index (χ2v) is 6.91. The van der Waals surface area contributed by atoms with Crippen LogP contribution in [0.4, 0.5) is 11.6 Å². The van der Waals surface area contributed by atoms with Crippen LogP contribution in [-0.4, -0.2) is 57.2 Å². The highest BCUT2D eigenvalue weighted by Crippen LogP contribution is 2.29. The van der Waals surface area contributed by atoms with Gasteiger partial charge >= 0.3 is 0 Å². The summed E-state index contributed by atoms with van der Waals surface area (Å²) in [6.45, 7) is 6.65. The Bertz CT molecular complexity index is 991. The number of piperazine rings is 1. The van der Waals surface area contributed by atoms with Crippen molar-refractivity contribution in [2.45, 2.75) is 13.8 Å². The maximum atomic E-state index is 13.1. The van der Waals surface area contributed by atoms with E-state index in [4.69, 9.17) is 5.73 Å². The van der Waals surface area contributed by atoms with Crippen molar-refractivity contribution >= 4 is 17.5 Å². The molecule has 3 heterocycles. The first kappa shape index (κ1) is 18.0. The van der Waals surface area contributed by atoms with Crippen LogP contribution < -0.4 is 10.6 Å². The molecule has 0 saturated carbocycles. The Kier molecular flexibility index (Phi) is 4.68. The molecule has 1 aliphatic rings. The van der Waals surface area contributed by atoms with Gasteiger partial charge in [-0.15, -0.1) is 0 Å². The third kappa shape index (κ3) is 3.17. The predicted molar refractivity (Wildman–Crippen MR) is 108 cm³/mol. The van der Waals surface area contributed by atoms with Gasteiger partial charge in [-0.2, -0.15) is 5.10 Å². The highest BCUT2D eigenvalue weighted by atomic mass is 16.2. The molecule has 0 unspecified atom stereocenters. The lowest BCUT2D eigenvalue weighted by Crippen LogP contribution is -2.49. The van der Waals surface area contributed by atoms with Gasteiger partial charge in [0, 0.05) is 37.4 Å². The van der Waals surface area contributed by atoms with Crippen molar-refractivity contribution in [1.82, 2.24) is 25.1 Å². The molecule has 4 rings (SSSR count). The van der Waals surface area contributed by atoms with Gasteiger partial charge in [-0.25, -0.2) is 9.97 Å². The molecule has 1 aromatic carbocycles. The number of hydrogen-bond acceptors (Lipinski definition) is 6. The van der Waals surface area contributed by atoms with Crippen molar-refractivity contribution in [2.75, 3.05) is 36.8 Å². The number of benzene rings is 1. The van der Waals surface area contributed by atoms with Gasteiger partial charge in [-0.05, 0) is 19.4 Å². The predicted octanol–water partition coefficient (Wildman–Crippen LogP) is 2.03. The van der Waals surface area contributed by atoms with E-state index in [9.17, 15) is 4.79 Å². The van der Waals surface area contributed by atoms with E-state index in [2.05, 4.69) is 25.1 Å². The highest BCUT2D eigenvalue weighted by molar-refractivity contribution is 6.01. The average Bonchev–Trinajstić information content (AvgIpc) is 3.12. The Morgan fingerprint density at radius 1 is 1.07 bits per heavy atom. The molecular weight excluding hydrogens is 354 g/mol. The molecule has 8 nitrogen and oxygen atoms in total. The van der Waals surface area contributed by atoms with Crippen molar-refractivity contribution in [2.24, 2.45) is 0 Å². The van der Waals surface area contributed by atoms with Crippen molar-refractivity contribution in [3.8, 4) is 11.1 Å². The molecule has 0 radical (unpaired) electrons. The molecule has 0 bridgehead atoms. The quantitative estimate of drug-likeness (QED) is 0.724. The second-order valence-electron chi connectivity index (χ2n) is 6.91. The lowest BCUT2D eigenvalue weighted by Gasteiger charge is -2.36. The number of H-pyrrole nitrogens is 1. The summed E-state index contributed by atoms with van der Waals surface area (Å²) in [4.78, 5) is 25.8. The van der Waals surface area contributed by atoms with Crippen molar-refractivity contribution in [1.29, 1.82) is 0 Å². The molecule has 144 valence electrons. The lowest BCUT2D eigenvalue weighted by atomic mass is 10.0. The first-order chi connectivity index (χ1) is 13.6. The zero-order chi connectivity index (χ0) is 19.7. The molecule has 1 aliphatic heterocycles. The molecule has 28 heavy (non-hydrogen) atoms. The second kappa shape index (κ2) is 7.30. The van der Waals surface area contributed by atoms with Crippen LogP contribution in [-0.2, 0) is 0 Å². The third-order valence-corrected chi connectivity index (χ3v) is 5.25. The van der Waals surface area contributed by atoms with Crippen molar-refractivity contribution in [3.05, 3.63) is 53.6 Å². The topological polar surface area (TPSA) is 104 Å². The number of amides is 1. The van der Waals surface area contributed by atoms with Gasteiger partial charge < -0.3 is 15.5 Å². The van der Waals surface area contributed by atoms with Crippen LogP contribution in [0.15, 0.2) is 36.7 Å². The molecule has 0 atom stereocenters. The third-order valence-electron chi connectivity index (χ3n) is 5.25. The monoisotopic (exact) mass is 377 g/mol. The summed E-state index contributed by atoms with van der Waals surface area (Å²) in [7, 11) is 0. The SMILES string of the molecule is Cc1ncnc(N2CCN(C(=O)c3[nH]nc(N)c3-c3ccccc3)CC2)c1C. The number of hydrogen-bond donors (Lipinski definition) is 2. The van der Waals surface area contributed by atoms with Gasteiger partial charge in [-0.1, -0.05) is 30.3 Å². The van der Waals surface area contributed by atoms with E-state index in [0.29, 0.717) is 43.3 Å². The Hall–Kier alpha value is -3.42. The summed E-state index contributed by atoms with van der Waals surface area (Å²) >= 11 is 0. The van der Waals surface area contributed by atoms with Gasteiger partial charge in [0.15, 0.2) is 5.82 Å². The fourth-order valence-electron chi connectivity index (χ4n) is 3.53. The van der Waals surface area contributed by atoms with E-state index in [0.717, 1.165) is 22.6 Å². The number of carbonyl (C=O) groups excluding carboxylic acids is 1. The van der Waals surface area contributed by atoms with E-state index < -0.39 is 0 Å². The number of anilines is 2. The Morgan fingerprint density at radius 2 is 1.79 bits per heavy atom. The van der Waals surface area contributed by atoms with Crippen LogP contribution in [0.5, 0.6) is 0 Å². The number of nitrogens with two attached hydrogens (primary N) is 1. The number of carbonyl (C=O) groups is 1. The summed E-state index contributed by atoms with van der Waals surface area (Å²) in [5.41, 5.74) is 10.1. The number of rotatable bonds is 3. The van der Waals surface area contributed by atoms with E-state index >= 15 is 0 Å². The number of nitrogens with one attached hydrogen (secondary N) is 1. The Labute approximate surface area is 163 Å². The minimum Gasteiger partial charge on any atom is -0.382 e. The van der Waals surface area contributed by atoms with Gasteiger partial charge in [0.2, 0.25) is 0 Å². The normalized spacial score (nSPS) is 14.4. The lowest BCUT2D eigenvalue weighted by molar-refractivity contribution is 0.0741. The van der Waals surface area contributed by atoms with Crippen LogP contribution in [0.25, 0.3) is 11.1 Å². The van der Waals surface area contributed by atoms with E-state index in [1.807, 2.05) is 49.1 Å². The maximum absolute atomic E-state index is 13.1. The first-order valence-corrected chi connectivity index (χ1v) is 9.28. The summed E-state index contributed by atoms with van der Waals surface area (Å²) in [6, 6.07) is 9.62. The molecule has 3 N–H and O–H groups in total. The minimum atomic E-state index is -0.0849. The standard InChI is InChI=1S/C20H23N7O/c1-13-14(2)22-12-23-19(13)26-8-10-27(11-9-26)20(28)17-16(18(21)25-24-17)15-6-4-3-5-7-15/h3-7,12H,8-11H2,1-2H3,(H3,21,24,25). The Morgan fingerprint density at radius 3 is 2.50 bits per heavy atom. The highest BCUT2D eigenvalue weighted by Gasteiger charge is 2.28. The van der Waals surface area contributed by atoms with E-state index in [1.54, 1.807) is 6.33 Å². The number of aromatic nitrogens is 4. The number of aromatic amines is 1. The summed E-state index contributed by atoms with van der Waals surface area (Å²) in [5, 5.41) is 6.90. The number of nitrogens with zero attached hydrogens (tertiary/aromatic N) is 5. The van der Waals surface area contributed by atoms with Crippen molar-refractivity contribution in [3.63, 3.8) is 0 Å². The first-order valence-electron chi connectivity index (χ1n) is 9.28. The molecule has 2 aromatic heterocycles. The van der Waals surface area contributed by atoms with E-state index in [1.165, 1.54) is 0 Å². The molecule has 0 aliphatic carbocycles. The van der Waals surface area contributed by atoms with Gasteiger partial charge in [-0.3, -0.25) is 9.89 Å². The van der Waals surface area contributed by atoms with E-state index in [-0.39, 0.29) is 5.91 Å². The number of nitrogen functional groups attached to an aromatic ring is 1. The molecule has 8 heteroatoms. The number of aryl methyl sites for hydroxylation is 1. The zero-order valence-corrected chi connectivity index (χ0v) is 16.0. The zero-order valence-electron chi connectivity index (χ0n) is 16.0. The van der Waals surface area contributed by atoms with Gasteiger partial charge in [0.1, 0.15) is 17.8 Å². The molecule has 0 spiro atoms. The molecule has 3 aromatic rings. The van der Waals surface area contributed by atoms with Gasteiger partial charge in [0.05, 0.1) is 5.56 Å². The summed E-state index contributed by atoms with van der Waals surface area (Å²) < 4.78 is 0. The maximum Gasteiger partial charge on any atom is 0.272 e. The van der Waals surface area contributed by atoms with Crippen molar-refractivity contribution < 1.29 is 4.79 Å². The van der Waals surface area contributed by atoms with Crippen LogP contribution >= 0.6 is 0 Å². The average molecular weight is 377 g/mol.